The molecule has 1 amide bonds. The van der Waals surface area contributed by atoms with Crippen LogP contribution < -0.4 is 5.32 Å². The van der Waals surface area contributed by atoms with Crippen molar-refractivity contribution in [1.82, 2.24) is 5.32 Å². The van der Waals surface area contributed by atoms with E-state index in [2.05, 4.69) is 11.9 Å². The molecule has 0 aliphatic carbocycles. The number of cyclic esters (lactones) is 1. The van der Waals surface area contributed by atoms with Crippen molar-refractivity contribution >= 4 is 12.1 Å². The van der Waals surface area contributed by atoms with Crippen LogP contribution in [0.15, 0.2) is 12.7 Å². The second-order valence-corrected chi connectivity index (χ2v) is 3.31. The van der Waals surface area contributed by atoms with Gasteiger partial charge in [-0.3, -0.25) is 4.79 Å². The molecule has 1 heterocycles. The number of amides is 1. The van der Waals surface area contributed by atoms with Crippen LogP contribution in [-0.2, 0) is 9.53 Å². The van der Waals surface area contributed by atoms with Gasteiger partial charge < -0.3 is 15.2 Å². The van der Waals surface area contributed by atoms with E-state index in [9.17, 15) is 9.59 Å². The first-order chi connectivity index (χ1) is 6.54. The van der Waals surface area contributed by atoms with Crippen molar-refractivity contribution in [3.05, 3.63) is 12.7 Å². The summed E-state index contributed by atoms with van der Waals surface area (Å²) in [6.07, 6.45) is 0.514. The zero-order chi connectivity index (χ0) is 10.7. The number of carbonyl (C=O) groups is 2. The minimum absolute atomic E-state index is 0.0571. The number of rotatable bonds is 4. The number of hydrogen-bond donors (Lipinski definition) is 2. The minimum atomic E-state index is -0.956. The topological polar surface area (TPSA) is 75.6 Å². The first kappa shape index (κ1) is 10.6. The average Bonchev–Trinajstić information content (AvgIpc) is 2.44. The number of carboxylic acid groups (broad SMARTS) is 1. The molecule has 0 aromatic rings. The van der Waals surface area contributed by atoms with E-state index in [-0.39, 0.29) is 12.3 Å². The molecule has 2 N–H and O–H groups in total. The molecular weight excluding hydrogens is 186 g/mol. The van der Waals surface area contributed by atoms with Gasteiger partial charge >= 0.3 is 12.1 Å². The van der Waals surface area contributed by atoms with Crippen LogP contribution in [0.3, 0.4) is 0 Å². The molecule has 1 aliphatic rings. The number of carboxylic acids is 1. The maximum atomic E-state index is 10.9. The lowest BCUT2D eigenvalue weighted by Gasteiger charge is -2.18. The van der Waals surface area contributed by atoms with E-state index in [1.807, 2.05) is 6.92 Å². The SMILES string of the molecule is C=C[C@@H](C)[C@H]1OC(=O)N[C@@H]1CC(=O)O. The lowest BCUT2D eigenvalue weighted by atomic mass is 9.96. The summed E-state index contributed by atoms with van der Waals surface area (Å²) in [4.78, 5) is 21.4. The van der Waals surface area contributed by atoms with E-state index in [4.69, 9.17) is 9.84 Å². The number of alkyl carbamates (subject to hydrolysis) is 1. The maximum Gasteiger partial charge on any atom is 0.407 e. The number of ether oxygens (including phenoxy) is 1. The fourth-order valence-electron chi connectivity index (χ4n) is 1.44. The minimum Gasteiger partial charge on any atom is -0.481 e. The first-order valence-corrected chi connectivity index (χ1v) is 4.36. The molecule has 5 heteroatoms. The highest BCUT2D eigenvalue weighted by Crippen LogP contribution is 2.20. The fourth-order valence-corrected chi connectivity index (χ4v) is 1.44. The van der Waals surface area contributed by atoms with Crippen LogP contribution in [0.25, 0.3) is 0 Å². The summed E-state index contributed by atoms with van der Waals surface area (Å²) in [5.74, 6) is -1.01. The van der Waals surface area contributed by atoms with Crippen LogP contribution in [0, 0.1) is 5.92 Å². The van der Waals surface area contributed by atoms with E-state index in [0.717, 1.165) is 0 Å². The van der Waals surface area contributed by atoms with Crippen LogP contribution >= 0.6 is 0 Å². The van der Waals surface area contributed by atoms with Crippen molar-refractivity contribution in [2.24, 2.45) is 5.92 Å². The summed E-state index contributed by atoms with van der Waals surface area (Å²) in [6.45, 7) is 5.40. The zero-order valence-electron chi connectivity index (χ0n) is 7.90. The molecule has 5 nitrogen and oxygen atoms in total. The van der Waals surface area contributed by atoms with Crippen molar-refractivity contribution < 1.29 is 19.4 Å². The molecule has 1 aliphatic heterocycles. The van der Waals surface area contributed by atoms with Gasteiger partial charge in [-0.25, -0.2) is 4.79 Å². The third-order valence-corrected chi connectivity index (χ3v) is 2.23. The second-order valence-electron chi connectivity index (χ2n) is 3.31. The van der Waals surface area contributed by atoms with E-state index in [0.29, 0.717) is 0 Å². The van der Waals surface area contributed by atoms with Gasteiger partial charge in [-0.15, -0.1) is 6.58 Å². The Bertz CT molecular complexity index is 264. The Morgan fingerprint density at radius 3 is 3.00 bits per heavy atom. The molecule has 0 unspecified atom stereocenters. The zero-order valence-corrected chi connectivity index (χ0v) is 7.90. The van der Waals surface area contributed by atoms with E-state index in [1.54, 1.807) is 6.08 Å². The monoisotopic (exact) mass is 199 g/mol. The lowest BCUT2D eigenvalue weighted by Crippen LogP contribution is -2.36. The van der Waals surface area contributed by atoms with Gasteiger partial charge in [-0.1, -0.05) is 13.0 Å². The van der Waals surface area contributed by atoms with E-state index >= 15 is 0 Å². The Morgan fingerprint density at radius 2 is 2.50 bits per heavy atom. The van der Waals surface area contributed by atoms with Gasteiger partial charge in [0.25, 0.3) is 0 Å². The fraction of sp³-hybridized carbons (Fsp3) is 0.556. The van der Waals surface area contributed by atoms with Gasteiger partial charge in [0.15, 0.2) is 0 Å². The van der Waals surface area contributed by atoms with Gasteiger partial charge in [0.2, 0.25) is 0 Å². The summed E-state index contributed by atoms with van der Waals surface area (Å²) in [5, 5.41) is 11.1. The van der Waals surface area contributed by atoms with Crippen molar-refractivity contribution in [2.45, 2.75) is 25.5 Å². The molecule has 0 bridgehead atoms. The Balaban J connectivity index is 2.66. The molecule has 3 atom stereocenters. The molecule has 1 rings (SSSR count). The molecule has 14 heavy (non-hydrogen) atoms. The predicted octanol–water partition coefficient (Wildman–Crippen LogP) is 0.760. The normalized spacial score (nSPS) is 27.6. The molecule has 0 saturated carbocycles. The van der Waals surface area contributed by atoms with Crippen molar-refractivity contribution in [1.29, 1.82) is 0 Å². The largest absolute Gasteiger partial charge is 0.481 e. The third-order valence-electron chi connectivity index (χ3n) is 2.23. The maximum absolute atomic E-state index is 10.9. The molecule has 0 radical (unpaired) electrons. The van der Waals surface area contributed by atoms with Gasteiger partial charge in [0, 0.05) is 5.92 Å². The second kappa shape index (κ2) is 4.13. The number of nitrogens with one attached hydrogen (secondary N) is 1. The van der Waals surface area contributed by atoms with E-state index in [1.165, 1.54) is 0 Å². The van der Waals surface area contributed by atoms with Gasteiger partial charge in [0.05, 0.1) is 12.5 Å². The van der Waals surface area contributed by atoms with E-state index < -0.39 is 24.2 Å². The number of carbonyl (C=O) groups excluding carboxylic acids is 1. The Kier molecular flexibility index (Phi) is 3.11. The lowest BCUT2D eigenvalue weighted by molar-refractivity contribution is -0.137. The van der Waals surface area contributed by atoms with Crippen LogP contribution in [0.5, 0.6) is 0 Å². The average molecular weight is 199 g/mol. The first-order valence-electron chi connectivity index (χ1n) is 4.36. The summed E-state index contributed by atoms with van der Waals surface area (Å²) in [5.41, 5.74) is 0. The molecule has 78 valence electrons. The highest BCUT2D eigenvalue weighted by Gasteiger charge is 2.37. The number of aliphatic carboxylic acids is 1. The summed E-state index contributed by atoms with van der Waals surface area (Å²) >= 11 is 0. The Hall–Kier alpha value is -1.52. The molecular formula is C9H13NO4. The smallest absolute Gasteiger partial charge is 0.407 e. The van der Waals surface area contributed by atoms with Crippen molar-refractivity contribution in [3.8, 4) is 0 Å². The summed E-state index contributed by atoms with van der Waals surface area (Å²) in [7, 11) is 0. The number of hydrogen-bond acceptors (Lipinski definition) is 3. The Morgan fingerprint density at radius 1 is 1.86 bits per heavy atom. The van der Waals surface area contributed by atoms with Crippen LogP contribution in [0.1, 0.15) is 13.3 Å². The van der Waals surface area contributed by atoms with Gasteiger partial charge in [-0.05, 0) is 0 Å². The molecule has 1 fully saturated rings. The summed E-state index contributed by atoms with van der Waals surface area (Å²) in [6, 6.07) is -0.465. The van der Waals surface area contributed by atoms with Gasteiger partial charge in [-0.2, -0.15) is 0 Å². The van der Waals surface area contributed by atoms with Crippen molar-refractivity contribution in [3.63, 3.8) is 0 Å². The van der Waals surface area contributed by atoms with Crippen LogP contribution in [0.2, 0.25) is 0 Å². The highest BCUT2D eigenvalue weighted by atomic mass is 16.6. The predicted molar refractivity (Wildman–Crippen MR) is 48.8 cm³/mol. The highest BCUT2D eigenvalue weighted by molar-refractivity contribution is 5.74. The third kappa shape index (κ3) is 2.25. The summed E-state index contributed by atoms with van der Waals surface area (Å²) < 4.78 is 4.94. The van der Waals surface area contributed by atoms with Crippen LogP contribution in [0.4, 0.5) is 4.79 Å². The van der Waals surface area contributed by atoms with Gasteiger partial charge in [0.1, 0.15) is 6.10 Å². The standard InChI is InChI=1S/C9H13NO4/c1-3-5(2)8-6(4-7(11)12)10-9(13)14-8/h3,5-6,8H,1,4H2,2H3,(H,10,13)(H,11,12)/t5-,6-,8-/m1/s1. The molecule has 1 saturated heterocycles. The van der Waals surface area contributed by atoms with Crippen molar-refractivity contribution in [2.75, 3.05) is 0 Å². The quantitative estimate of drug-likeness (QED) is 0.655. The Labute approximate surface area is 81.7 Å². The molecule has 0 aromatic heterocycles. The molecule has 0 aromatic carbocycles. The van der Waals surface area contributed by atoms with Crippen LogP contribution in [-0.4, -0.2) is 29.3 Å². The molecule has 0 spiro atoms.